The molecule has 6 heteroatoms. The third-order valence-corrected chi connectivity index (χ3v) is 6.04. The normalized spacial score (nSPS) is 18.3. The molecule has 0 spiro atoms. The molecule has 2 saturated heterocycles. The van der Waals surface area contributed by atoms with Crippen molar-refractivity contribution in [2.24, 2.45) is 5.92 Å². The van der Waals surface area contributed by atoms with Crippen LogP contribution in [-0.4, -0.2) is 53.5 Å². The number of hydrogen-bond donors (Lipinski definition) is 0. The Morgan fingerprint density at radius 2 is 1.90 bits per heavy atom. The molecule has 29 heavy (non-hydrogen) atoms. The minimum Gasteiger partial charge on any atom is -0.493 e. The van der Waals surface area contributed by atoms with Crippen LogP contribution in [0.2, 0.25) is 0 Å². The van der Waals surface area contributed by atoms with Gasteiger partial charge in [-0.25, -0.2) is 4.98 Å². The second-order valence-electron chi connectivity index (χ2n) is 8.03. The monoisotopic (exact) mass is 397 g/mol. The number of carbonyl (C=O) groups excluding carboxylic acids is 1. The molecule has 0 aliphatic carbocycles. The van der Waals surface area contributed by atoms with Gasteiger partial charge in [-0.3, -0.25) is 9.69 Å². The number of aryl methyl sites for hydroxylation is 1. The van der Waals surface area contributed by atoms with E-state index in [-0.39, 0.29) is 5.92 Å². The van der Waals surface area contributed by atoms with Crippen LogP contribution in [0.1, 0.15) is 44.1 Å². The summed E-state index contributed by atoms with van der Waals surface area (Å²) in [5, 5.41) is 0. The molecule has 0 atom stereocenters. The van der Waals surface area contributed by atoms with E-state index in [1.165, 1.54) is 0 Å². The van der Waals surface area contributed by atoms with Gasteiger partial charge in [0.05, 0.1) is 17.9 Å². The predicted molar refractivity (Wildman–Crippen MR) is 112 cm³/mol. The summed E-state index contributed by atoms with van der Waals surface area (Å²) in [6, 6.07) is 7.85. The van der Waals surface area contributed by atoms with E-state index in [9.17, 15) is 4.79 Å². The Labute approximate surface area is 172 Å². The van der Waals surface area contributed by atoms with E-state index in [4.69, 9.17) is 14.1 Å². The van der Waals surface area contributed by atoms with Gasteiger partial charge < -0.3 is 14.1 Å². The highest BCUT2D eigenvalue weighted by atomic mass is 16.5. The number of aromatic nitrogens is 1. The van der Waals surface area contributed by atoms with Crippen molar-refractivity contribution in [3.8, 4) is 17.2 Å². The summed E-state index contributed by atoms with van der Waals surface area (Å²) in [5.41, 5.74) is 1.86. The Morgan fingerprint density at radius 1 is 1.17 bits per heavy atom. The molecular formula is C23H31N3O3. The maximum absolute atomic E-state index is 12.6. The molecule has 156 valence electrons. The molecule has 2 aromatic rings. The zero-order valence-corrected chi connectivity index (χ0v) is 17.5. The number of para-hydroxylation sites is 1. The molecule has 2 aliphatic rings. The zero-order chi connectivity index (χ0) is 20.2. The van der Waals surface area contributed by atoms with Gasteiger partial charge in [0.15, 0.2) is 0 Å². The number of likely N-dealkylation sites (tertiary alicyclic amines) is 2. The van der Waals surface area contributed by atoms with Crippen LogP contribution in [0.4, 0.5) is 0 Å². The van der Waals surface area contributed by atoms with Gasteiger partial charge in [-0.1, -0.05) is 12.1 Å². The summed E-state index contributed by atoms with van der Waals surface area (Å²) in [5.74, 6) is 2.82. The lowest BCUT2D eigenvalue weighted by Crippen LogP contribution is -2.41. The van der Waals surface area contributed by atoms with E-state index in [0.717, 1.165) is 81.2 Å². The number of nitrogens with zero attached hydrogens (tertiary/aromatic N) is 3. The van der Waals surface area contributed by atoms with E-state index in [2.05, 4.69) is 9.80 Å². The first-order chi connectivity index (χ1) is 14.2. The molecule has 0 unspecified atom stereocenters. The van der Waals surface area contributed by atoms with Gasteiger partial charge in [-0.2, -0.15) is 0 Å². The molecule has 0 radical (unpaired) electrons. The largest absolute Gasteiger partial charge is 0.493 e. The molecule has 2 fully saturated rings. The average molecular weight is 398 g/mol. The average Bonchev–Trinajstić information content (AvgIpc) is 3.39. The SMILES string of the molecule is CCOc1ccccc1-c1nc(CN2CCC(C(=O)N3CCCC3)CC2)c(C)o1. The standard InChI is InChI=1S/C23H31N3O3/c1-3-28-21-9-5-4-8-19(21)22-24-20(17(2)29-22)16-25-14-10-18(11-15-25)23(27)26-12-6-7-13-26/h4-5,8-9,18H,3,6-7,10-16H2,1-2H3. The number of carbonyl (C=O) groups is 1. The molecule has 6 nitrogen and oxygen atoms in total. The maximum Gasteiger partial charge on any atom is 0.230 e. The lowest BCUT2D eigenvalue weighted by molar-refractivity contribution is -0.136. The molecule has 0 bridgehead atoms. The van der Waals surface area contributed by atoms with Gasteiger partial charge in [-0.15, -0.1) is 0 Å². The second-order valence-corrected chi connectivity index (χ2v) is 8.03. The molecular weight excluding hydrogens is 366 g/mol. The van der Waals surface area contributed by atoms with E-state index in [1.54, 1.807) is 0 Å². The summed E-state index contributed by atoms with van der Waals surface area (Å²) in [6.45, 7) is 9.07. The Hall–Kier alpha value is -2.34. The van der Waals surface area contributed by atoms with Gasteiger partial charge in [0, 0.05) is 25.6 Å². The molecule has 1 amide bonds. The number of amides is 1. The van der Waals surface area contributed by atoms with Crippen molar-refractivity contribution in [3.63, 3.8) is 0 Å². The van der Waals surface area contributed by atoms with Crippen LogP contribution >= 0.6 is 0 Å². The number of oxazole rings is 1. The van der Waals surface area contributed by atoms with Crippen molar-refractivity contribution in [2.45, 2.75) is 46.1 Å². The molecule has 2 aliphatic heterocycles. The summed E-state index contributed by atoms with van der Waals surface area (Å²) < 4.78 is 11.7. The van der Waals surface area contributed by atoms with Crippen molar-refractivity contribution in [3.05, 3.63) is 35.7 Å². The Balaban J connectivity index is 1.38. The minimum atomic E-state index is 0.191. The van der Waals surface area contributed by atoms with Gasteiger partial charge in [0.25, 0.3) is 0 Å². The lowest BCUT2D eigenvalue weighted by atomic mass is 9.95. The highest BCUT2D eigenvalue weighted by Gasteiger charge is 2.30. The molecule has 1 aromatic carbocycles. The molecule has 0 saturated carbocycles. The third-order valence-electron chi connectivity index (χ3n) is 6.04. The summed E-state index contributed by atoms with van der Waals surface area (Å²) >= 11 is 0. The van der Waals surface area contributed by atoms with E-state index >= 15 is 0 Å². The topological polar surface area (TPSA) is 58.8 Å². The first-order valence-corrected chi connectivity index (χ1v) is 10.9. The summed E-state index contributed by atoms with van der Waals surface area (Å²) in [6.07, 6.45) is 4.19. The van der Waals surface area contributed by atoms with E-state index < -0.39 is 0 Å². The smallest absolute Gasteiger partial charge is 0.230 e. The van der Waals surface area contributed by atoms with Crippen LogP contribution in [0.3, 0.4) is 0 Å². The highest BCUT2D eigenvalue weighted by molar-refractivity contribution is 5.79. The molecule has 1 aromatic heterocycles. The Morgan fingerprint density at radius 3 is 2.62 bits per heavy atom. The van der Waals surface area contributed by atoms with Crippen molar-refractivity contribution < 1.29 is 13.9 Å². The molecule has 0 N–H and O–H groups in total. The number of benzene rings is 1. The van der Waals surface area contributed by atoms with Crippen LogP contribution in [-0.2, 0) is 11.3 Å². The van der Waals surface area contributed by atoms with Crippen molar-refractivity contribution >= 4 is 5.91 Å². The van der Waals surface area contributed by atoms with Crippen molar-refractivity contribution in [2.75, 3.05) is 32.8 Å². The fourth-order valence-electron chi connectivity index (χ4n) is 4.36. The van der Waals surface area contributed by atoms with Crippen molar-refractivity contribution in [1.29, 1.82) is 0 Å². The minimum absolute atomic E-state index is 0.191. The summed E-state index contributed by atoms with van der Waals surface area (Å²) in [4.78, 5) is 21.8. The fraction of sp³-hybridized carbons (Fsp3) is 0.565. The van der Waals surface area contributed by atoms with E-state index in [0.29, 0.717) is 18.4 Å². The third kappa shape index (κ3) is 4.47. The van der Waals surface area contributed by atoms with Gasteiger partial charge in [0.2, 0.25) is 11.8 Å². The van der Waals surface area contributed by atoms with Crippen molar-refractivity contribution in [1.82, 2.24) is 14.8 Å². The van der Waals surface area contributed by atoms with Gasteiger partial charge in [0.1, 0.15) is 11.5 Å². The first kappa shape index (κ1) is 20.0. The van der Waals surface area contributed by atoms with Crippen LogP contribution < -0.4 is 4.74 Å². The fourth-order valence-corrected chi connectivity index (χ4v) is 4.36. The lowest BCUT2D eigenvalue weighted by Gasteiger charge is -2.32. The number of rotatable bonds is 6. The Bertz CT molecular complexity index is 834. The highest BCUT2D eigenvalue weighted by Crippen LogP contribution is 2.31. The number of hydrogen-bond acceptors (Lipinski definition) is 5. The summed E-state index contributed by atoms with van der Waals surface area (Å²) in [7, 11) is 0. The number of ether oxygens (including phenoxy) is 1. The predicted octanol–water partition coefficient (Wildman–Crippen LogP) is 3.88. The quantitative estimate of drug-likeness (QED) is 0.740. The van der Waals surface area contributed by atoms with Gasteiger partial charge in [-0.05, 0) is 64.8 Å². The van der Waals surface area contributed by atoms with Gasteiger partial charge >= 0.3 is 0 Å². The zero-order valence-electron chi connectivity index (χ0n) is 17.5. The van der Waals surface area contributed by atoms with Crippen LogP contribution in [0, 0.1) is 12.8 Å². The maximum atomic E-state index is 12.6. The van der Waals surface area contributed by atoms with Crippen LogP contribution in [0.15, 0.2) is 28.7 Å². The molecule has 4 rings (SSSR count). The Kier molecular flexibility index (Phi) is 6.19. The van der Waals surface area contributed by atoms with Crippen LogP contribution in [0.25, 0.3) is 11.5 Å². The number of piperidine rings is 1. The van der Waals surface area contributed by atoms with E-state index in [1.807, 2.05) is 38.1 Å². The second kappa shape index (κ2) is 8.99. The molecule has 3 heterocycles. The van der Waals surface area contributed by atoms with Crippen LogP contribution in [0.5, 0.6) is 5.75 Å². The first-order valence-electron chi connectivity index (χ1n) is 10.9.